The Labute approximate surface area is 236 Å². The highest BCUT2D eigenvalue weighted by Gasteiger charge is 2.36. The van der Waals surface area contributed by atoms with Crippen LogP contribution < -0.4 is 0 Å². The Kier molecular flexibility index (Phi) is 13.3. The summed E-state index contributed by atoms with van der Waals surface area (Å²) in [4.78, 5) is 53.7. The van der Waals surface area contributed by atoms with E-state index in [1.165, 1.54) is 45.5 Å². The molecule has 0 aliphatic heterocycles. The van der Waals surface area contributed by atoms with Crippen molar-refractivity contribution in [3.8, 4) is 0 Å². The Bertz CT molecular complexity index is 755. The van der Waals surface area contributed by atoms with Crippen molar-refractivity contribution in [1.29, 1.82) is 0 Å². The molecule has 0 aliphatic carbocycles. The third kappa shape index (κ3) is 15.6. The molecule has 0 aromatic rings. The van der Waals surface area contributed by atoms with Crippen molar-refractivity contribution >= 4 is 45.7 Å². The van der Waals surface area contributed by atoms with Crippen LogP contribution in [0.2, 0.25) is 0 Å². The highest BCUT2D eigenvalue weighted by atomic mass is 33.1. The van der Waals surface area contributed by atoms with Crippen LogP contribution in [0.1, 0.15) is 83.1 Å². The molecule has 0 aliphatic rings. The minimum atomic E-state index is -0.940. The van der Waals surface area contributed by atoms with E-state index in [9.17, 15) is 19.2 Å². The average molecular weight is 581 g/mol. The fraction of sp³-hybridized carbons (Fsp3) is 0.846. The van der Waals surface area contributed by atoms with Gasteiger partial charge in [-0.3, -0.25) is 9.80 Å². The van der Waals surface area contributed by atoms with Crippen LogP contribution in [0.25, 0.3) is 0 Å². The van der Waals surface area contributed by atoms with Crippen molar-refractivity contribution in [2.24, 2.45) is 0 Å². The average Bonchev–Trinajstić information content (AvgIpc) is 2.64. The van der Waals surface area contributed by atoms with E-state index >= 15 is 0 Å². The number of rotatable bonds is 9. The molecule has 2 atom stereocenters. The van der Waals surface area contributed by atoms with Crippen molar-refractivity contribution in [3.63, 3.8) is 0 Å². The molecule has 0 fully saturated rings. The highest BCUT2D eigenvalue weighted by molar-refractivity contribution is 8.76. The van der Waals surface area contributed by atoms with E-state index in [1.807, 2.05) is 0 Å². The van der Waals surface area contributed by atoms with Crippen LogP contribution in [-0.4, -0.2) is 94.0 Å². The Morgan fingerprint density at radius 2 is 0.763 bits per heavy atom. The first-order chi connectivity index (χ1) is 16.8. The standard InChI is InChI=1S/C26H48N2O8S2/c1-23(2,3)33-19(29)17(27(13)21(31)35-25(7,8)9)15-37-38-16-18(20(30)34-24(4,5)6)28(14)22(32)36-26(10,11)12/h17-18H,15-16H2,1-14H3/t17-,18-/m0/s1. The molecule has 12 heteroatoms. The fourth-order valence-electron chi connectivity index (χ4n) is 2.56. The number of nitrogens with zero attached hydrogens (tertiary/aromatic N) is 2. The predicted octanol–water partition coefficient (Wildman–Crippen LogP) is 5.52. The molecule has 0 N–H and O–H groups in total. The van der Waals surface area contributed by atoms with Gasteiger partial charge in [0.1, 0.15) is 34.5 Å². The Hall–Kier alpha value is -1.82. The van der Waals surface area contributed by atoms with Crippen molar-refractivity contribution in [2.45, 2.75) is 118 Å². The van der Waals surface area contributed by atoms with Gasteiger partial charge in [-0.15, -0.1) is 0 Å². The second-order valence-electron chi connectivity index (χ2n) is 12.9. The number of carbonyl (C=O) groups excluding carboxylic acids is 4. The van der Waals surface area contributed by atoms with Crippen LogP contribution in [0.4, 0.5) is 9.59 Å². The molecule has 0 heterocycles. The van der Waals surface area contributed by atoms with Crippen LogP contribution in [0.5, 0.6) is 0 Å². The molecular weight excluding hydrogens is 532 g/mol. The van der Waals surface area contributed by atoms with Gasteiger partial charge >= 0.3 is 24.1 Å². The fourth-order valence-corrected chi connectivity index (χ4v) is 5.08. The van der Waals surface area contributed by atoms with Crippen molar-refractivity contribution in [1.82, 2.24) is 9.80 Å². The maximum absolute atomic E-state index is 13.0. The quantitative estimate of drug-likeness (QED) is 0.149. The Balaban J connectivity index is 5.62. The lowest BCUT2D eigenvalue weighted by atomic mass is 10.2. The molecule has 0 bridgehead atoms. The van der Waals surface area contributed by atoms with E-state index in [4.69, 9.17) is 18.9 Å². The van der Waals surface area contributed by atoms with E-state index < -0.39 is 58.6 Å². The van der Waals surface area contributed by atoms with Gasteiger partial charge in [-0.1, -0.05) is 21.6 Å². The number of ether oxygens (including phenoxy) is 4. The van der Waals surface area contributed by atoms with Crippen LogP contribution in [0.15, 0.2) is 0 Å². The highest BCUT2D eigenvalue weighted by Crippen LogP contribution is 2.28. The summed E-state index contributed by atoms with van der Waals surface area (Å²) in [6.45, 7) is 20.9. The number of hydrogen-bond donors (Lipinski definition) is 0. The Morgan fingerprint density at radius 1 is 0.526 bits per heavy atom. The second-order valence-corrected chi connectivity index (χ2v) is 15.4. The van der Waals surface area contributed by atoms with Crippen molar-refractivity contribution < 1.29 is 38.1 Å². The van der Waals surface area contributed by atoms with Crippen LogP contribution in [0, 0.1) is 0 Å². The van der Waals surface area contributed by atoms with E-state index in [-0.39, 0.29) is 11.5 Å². The zero-order valence-corrected chi connectivity index (χ0v) is 27.2. The SMILES string of the molecule is CN(C(=O)OC(C)(C)C)[C@@H](CSSC[C@@H](C(=O)OC(C)(C)C)N(C)C(=O)OC(C)(C)C)C(=O)OC(C)(C)C. The first-order valence-electron chi connectivity index (χ1n) is 12.4. The lowest BCUT2D eigenvalue weighted by Gasteiger charge is -2.32. The van der Waals surface area contributed by atoms with E-state index in [2.05, 4.69) is 0 Å². The minimum Gasteiger partial charge on any atom is -0.458 e. The number of amides is 2. The first-order valence-corrected chi connectivity index (χ1v) is 14.9. The molecule has 0 spiro atoms. The van der Waals surface area contributed by atoms with Gasteiger partial charge in [0.15, 0.2) is 0 Å². The summed E-state index contributed by atoms with van der Waals surface area (Å²) in [6, 6.07) is -1.88. The normalized spacial score (nSPS) is 14.2. The van der Waals surface area contributed by atoms with Crippen LogP contribution >= 0.6 is 21.6 Å². The lowest BCUT2D eigenvalue weighted by molar-refractivity contribution is -0.160. The van der Waals surface area contributed by atoms with Gasteiger partial charge in [0.05, 0.1) is 0 Å². The van der Waals surface area contributed by atoms with Gasteiger partial charge < -0.3 is 18.9 Å². The molecule has 0 radical (unpaired) electrons. The summed E-state index contributed by atoms with van der Waals surface area (Å²) in [5.74, 6) is -0.832. The van der Waals surface area contributed by atoms with Crippen LogP contribution in [0.3, 0.4) is 0 Å². The molecule has 38 heavy (non-hydrogen) atoms. The zero-order chi connectivity index (χ0) is 30.3. The van der Waals surface area contributed by atoms with Gasteiger partial charge in [-0.25, -0.2) is 19.2 Å². The van der Waals surface area contributed by atoms with Gasteiger partial charge in [-0.2, -0.15) is 0 Å². The number of hydrogen-bond acceptors (Lipinski definition) is 10. The second kappa shape index (κ2) is 14.0. The summed E-state index contributed by atoms with van der Waals surface area (Å²) < 4.78 is 21.9. The van der Waals surface area contributed by atoms with E-state index in [0.717, 1.165) is 0 Å². The monoisotopic (exact) mass is 580 g/mol. The topological polar surface area (TPSA) is 112 Å². The zero-order valence-electron chi connectivity index (χ0n) is 25.5. The third-order valence-corrected chi connectivity index (χ3v) is 6.58. The number of esters is 2. The minimum absolute atomic E-state index is 0.159. The van der Waals surface area contributed by atoms with Crippen LogP contribution in [-0.2, 0) is 28.5 Å². The summed E-state index contributed by atoms with van der Waals surface area (Å²) in [7, 11) is 5.49. The first kappa shape index (κ1) is 36.2. The summed E-state index contributed by atoms with van der Waals surface area (Å²) >= 11 is 0. The molecule has 0 unspecified atom stereocenters. The predicted molar refractivity (Wildman–Crippen MR) is 152 cm³/mol. The molecule has 0 saturated carbocycles. The number of carbonyl (C=O) groups is 4. The lowest BCUT2D eigenvalue weighted by Crippen LogP contribution is -2.49. The third-order valence-electron chi connectivity index (χ3n) is 4.19. The summed E-state index contributed by atoms with van der Waals surface area (Å²) in [5, 5.41) is 0. The number of likely N-dealkylation sites (N-methyl/N-ethyl adjacent to an activating group) is 2. The molecule has 0 aromatic heterocycles. The largest absolute Gasteiger partial charge is 0.458 e. The summed E-state index contributed by atoms with van der Waals surface area (Å²) in [6.07, 6.45) is -1.31. The van der Waals surface area contributed by atoms with Crippen molar-refractivity contribution in [3.05, 3.63) is 0 Å². The molecule has 0 rings (SSSR count). The molecule has 2 amide bonds. The smallest absolute Gasteiger partial charge is 0.410 e. The van der Waals surface area contributed by atoms with Gasteiger partial charge in [0, 0.05) is 25.6 Å². The van der Waals surface area contributed by atoms with E-state index in [1.54, 1.807) is 83.1 Å². The molecule has 0 aromatic carbocycles. The Morgan fingerprint density at radius 3 is 0.974 bits per heavy atom. The van der Waals surface area contributed by atoms with Gasteiger partial charge in [-0.05, 0) is 83.1 Å². The maximum Gasteiger partial charge on any atom is 0.410 e. The molecule has 0 saturated heterocycles. The van der Waals surface area contributed by atoms with Crippen molar-refractivity contribution in [2.75, 3.05) is 25.6 Å². The maximum atomic E-state index is 13.0. The van der Waals surface area contributed by atoms with Gasteiger partial charge in [0.25, 0.3) is 0 Å². The summed E-state index contributed by atoms with van der Waals surface area (Å²) in [5.41, 5.74) is -2.98. The molecular formula is C26H48N2O8S2. The molecule has 10 nitrogen and oxygen atoms in total. The van der Waals surface area contributed by atoms with E-state index in [0.29, 0.717) is 0 Å². The molecule has 222 valence electrons. The van der Waals surface area contributed by atoms with Gasteiger partial charge in [0.2, 0.25) is 0 Å².